The zero-order valence-corrected chi connectivity index (χ0v) is 24.5. The van der Waals surface area contributed by atoms with Crippen LogP contribution in [0.1, 0.15) is 66.7 Å². The molecule has 0 atom stereocenters. The number of carbonyl (C=O) groups is 1. The molecule has 1 aromatic heterocycles. The molecular formula is C35H33N2O5+. The summed E-state index contributed by atoms with van der Waals surface area (Å²) >= 11 is 0. The molecule has 7 heteroatoms. The molecule has 42 heavy (non-hydrogen) atoms. The lowest BCUT2D eigenvalue weighted by atomic mass is 9.86. The number of ether oxygens (including phenoxy) is 1. The average molecular weight is 562 g/mol. The lowest BCUT2D eigenvalue weighted by Crippen LogP contribution is -2.44. The maximum atomic E-state index is 14.0. The topological polar surface area (TPSA) is 83.0 Å². The Kier molecular flexibility index (Phi) is 5.74. The Morgan fingerprint density at radius 2 is 1.90 bits per heavy atom. The van der Waals surface area contributed by atoms with E-state index in [9.17, 15) is 14.7 Å². The predicted molar refractivity (Wildman–Crippen MR) is 164 cm³/mol. The summed E-state index contributed by atoms with van der Waals surface area (Å²) in [5.41, 5.74) is 5.36. The molecule has 0 unspecified atom stereocenters. The van der Waals surface area contributed by atoms with Gasteiger partial charge in [-0.1, -0.05) is 24.3 Å². The van der Waals surface area contributed by atoms with E-state index >= 15 is 0 Å². The molecule has 3 aliphatic heterocycles. The standard InChI is InChI=1S/C35H32N2O5/c1-6-37-27-17-29-25(15-23(27)19(2)18-35(37,3)4)32-31(34(40)42-29)30(21-11-7-8-12-22(21)33(38)39)24-14-20-10-9-13-36(5)26(20)16-28(24)41-32/h7-8,11-12,14-18H,6,9-10,13H2,1-5H3/p+1. The minimum Gasteiger partial charge on any atom is -0.478 e. The Hall–Kier alpha value is -4.65. The maximum Gasteiger partial charge on any atom is 0.348 e. The van der Waals surface area contributed by atoms with Crippen LogP contribution < -0.4 is 30.4 Å². The molecule has 0 radical (unpaired) electrons. The molecule has 1 N–H and O–H groups in total. The second-order valence-electron chi connectivity index (χ2n) is 12.0. The summed E-state index contributed by atoms with van der Waals surface area (Å²) < 4.78 is 14.9. The van der Waals surface area contributed by atoms with Gasteiger partial charge in [-0.3, -0.25) is 0 Å². The minimum absolute atomic E-state index is 0.116. The summed E-state index contributed by atoms with van der Waals surface area (Å²) in [7, 11) is 2.07. The Morgan fingerprint density at radius 3 is 2.67 bits per heavy atom. The molecule has 0 saturated heterocycles. The first kappa shape index (κ1) is 26.3. The molecular weight excluding hydrogens is 528 g/mol. The van der Waals surface area contributed by atoms with E-state index in [1.54, 1.807) is 24.3 Å². The highest BCUT2D eigenvalue weighted by Gasteiger charge is 2.34. The van der Waals surface area contributed by atoms with Crippen molar-refractivity contribution in [3.05, 3.63) is 103 Å². The van der Waals surface area contributed by atoms with Gasteiger partial charge in [0.1, 0.15) is 30.5 Å². The number of fused-ring (bicyclic) bond motifs is 6. The third-order valence-electron chi connectivity index (χ3n) is 8.96. The van der Waals surface area contributed by atoms with E-state index in [-0.39, 0.29) is 16.7 Å². The number of benzene rings is 3. The van der Waals surface area contributed by atoms with Crippen LogP contribution in [0.2, 0.25) is 0 Å². The number of aryl methyl sites for hydroxylation is 1. The SMILES string of the molecule is CCN1c2cc3oc(=O)c4c(c3cc2C(C)=CC1(C)C)Oc1cc2c(cc1=C4c1ccccc1C(=O)O)CCC[N+]=2C. The van der Waals surface area contributed by atoms with Crippen molar-refractivity contribution in [1.82, 2.24) is 4.58 Å². The van der Waals surface area contributed by atoms with Crippen LogP contribution in [0.5, 0.6) is 11.5 Å². The van der Waals surface area contributed by atoms with Crippen LogP contribution >= 0.6 is 0 Å². The largest absolute Gasteiger partial charge is 0.478 e. The van der Waals surface area contributed by atoms with Crippen LogP contribution in [-0.4, -0.2) is 36.8 Å². The van der Waals surface area contributed by atoms with Gasteiger partial charge in [0.25, 0.3) is 0 Å². The molecule has 0 aliphatic carbocycles. The van der Waals surface area contributed by atoms with Crippen LogP contribution in [0.3, 0.4) is 0 Å². The molecule has 3 aromatic carbocycles. The molecule has 0 spiro atoms. The van der Waals surface area contributed by atoms with Crippen LogP contribution in [0.25, 0.3) is 22.1 Å². The number of allylic oxidation sites excluding steroid dienone is 1. The second-order valence-corrected chi connectivity index (χ2v) is 12.0. The lowest BCUT2D eigenvalue weighted by Gasteiger charge is -2.42. The Morgan fingerprint density at radius 1 is 1.12 bits per heavy atom. The summed E-state index contributed by atoms with van der Waals surface area (Å²) in [6.45, 7) is 10.3. The minimum atomic E-state index is -1.06. The van der Waals surface area contributed by atoms with E-state index in [2.05, 4.69) is 56.4 Å². The summed E-state index contributed by atoms with van der Waals surface area (Å²) in [6.07, 6.45) is 4.16. The van der Waals surface area contributed by atoms with Crippen molar-refractivity contribution in [1.29, 1.82) is 0 Å². The van der Waals surface area contributed by atoms with Gasteiger partial charge in [-0.25, -0.2) is 14.2 Å². The first-order chi connectivity index (χ1) is 20.1. The van der Waals surface area contributed by atoms with Gasteiger partial charge in [0.05, 0.1) is 22.6 Å². The molecule has 0 saturated carbocycles. The second kappa shape index (κ2) is 9.18. The fourth-order valence-electron chi connectivity index (χ4n) is 7.13. The van der Waals surface area contributed by atoms with Crippen LogP contribution in [0, 0.1) is 0 Å². The van der Waals surface area contributed by atoms with E-state index in [1.807, 2.05) is 18.2 Å². The first-order valence-corrected chi connectivity index (χ1v) is 14.5. The summed E-state index contributed by atoms with van der Waals surface area (Å²) in [5.74, 6) is -0.0723. The monoisotopic (exact) mass is 561 g/mol. The van der Waals surface area contributed by atoms with Gasteiger partial charge in [0.2, 0.25) is 5.36 Å². The van der Waals surface area contributed by atoms with Crippen molar-refractivity contribution < 1.29 is 19.1 Å². The number of hydrogen-bond donors (Lipinski definition) is 1. The smallest absolute Gasteiger partial charge is 0.348 e. The van der Waals surface area contributed by atoms with E-state index < -0.39 is 11.6 Å². The van der Waals surface area contributed by atoms with Crippen molar-refractivity contribution in [3.8, 4) is 11.5 Å². The van der Waals surface area contributed by atoms with Gasteiger partial charge in [-0.2, -0.15) is 0 Å². The van der Waals surface area contributed by atoms with Crippen LogP contribution in [-0.2, 0) is 6.42 Å². The summed E-state index contributed by atoms with van der Waals surface area (Å²) in [4.78, 5) is 28.7. The fourth-order valence-corrected chi connectivity index (χ4v) is 7.13. The van der Waals surface area contributed by atoms with Crippen molar-refractivity contribution in [3.63, 3.8) is 0 Å². The van der Waals surface area contributed by atoms with Crippen molar-refractivity contribution in [2.45, 2.75) is 46.1 Å². The Labute approximate surface area is 243 Å². The van der Waals surface area contributed by atoms with Gasteiger partial charge in [0.15, 0.2) is 5.75 Å². The molecule has 0 amide bonds. The third kappa shape index (κ3) is 3.76. The van der Waals surface area contributed by atoms with Crippen molar-refractivity contribution in [2.24, 2.45) is 0 Å². The number of carboxylic acids is 1. The number of rotatable bonds is 3. The van der Waals surface area contributed by atoms with Gasteiger partial charge in [0, 0.05) is 46.6 Å². The number of aromatic carboxylic acids is 1. The Bertz CT molecular complexity index is 2080. The van der Waals surface area contributed by atoms with Crippen molar-refractivity contribution in [2.75, 3.05) is 25.0 Å². The fraction of sp³-hybridized carbons (Fsp3) is 0.286. The normalized spacial score (nSPS) is 16.7. The number of carboxylic acid groups (broad SMARTS) is 1. The van der Waals surface area contributed by atoms with Gasteiger partial charge >= 0.3 is 11.6 Å². The average Bonchev–Trinajstić information content (AvgIpc) is 2.95. The summed E-state index contributed by atoms with van der Waals surface area (Å²) in [5, 5.41) is 12.6. The molecule has 7 nitrogen and oxygen atoms in total. The van der Waals surface area contributed by atoms with Gasteiger partial charge < -0.3 is 19.2 Å². The van der Waals surface area contributed by atoms with Crippen LogP contribution in [0.4, 0.5) is 5.69 Å². The highest BCUT2D eigenvalue weighted by molar-refractivity contribution is 6.02. The molecule has 0 fully saturated rings. The molecule has 212 valence electrons. The highest BCUT2D eigenvalue weighted by Crippen LogP contribution is 2.45. The molecule has 3 aliphatic rings. The first-order valence-electron chi connectivity index (χ1n) is 14.5. The zero-order chi connectivity index (χ0) is 29.5. The maximum absolute atomic E-state index is 14.0. The number of anilines is 1. The van der Waals surface area contributed by atoms with E-state index in [0.717, 1.165) is 53.7 Å². The number of likely N-dealkylation sites (N-methyl/N-ethyl adjacent to an activating group) is 1. The summed E-state index contributed by atoms with van der Waals surface area (Å²) in [6, 6.07) is 14.9. The zero-order valence-electron chi connectivity index (χ0n) is 24.5. The highest BCUT2D eigenvalue weighted by atomic mass is 16.5. The van der Waals surface area contributed by atoms with Crippen molar-refractivity contribution >= 4 is 33.8 Å². The molecule has 4 heterocycles. The molecule has 7 rings (SSSR count). The van der Waals surface area contributed by atoms with Crippen LogP contribution in [0.15, 0.2) is 63.8 Å². The van der Waals surface area contributed by atoms with E-state index in [0.29, 0.717) is 38.8 Å². The lowest BCUT2D eigenvalue weighted by molar-refractivity contribution is 0.0696. The van der Waals surface area contributed by atoms with Gasteiger partial charge in [-0.05, 0) is 63.5 Å². The third-order valence-corrected chi connectivity index (χ3v) is 8.96. The van der Waals surface area contributed by atoms with E-state index in [4.69, 9.17) is 9.15 Å². The molecule has 0 bridgehead atoms. The molecule has 4 aromatic rings. The predicted octanol–water partition coefficient (Wildman–Crippen LogP) is 4.93. The number of nitrogens with zero attached hydrogens (tertiary/aromatic N) is 2. The van der Waals surface area contributed by atoms with E-state index in [1.165, 1.54) is 0 Å². The number of hydrogen-bond acceptors (Lipinski definition) is 5. The van der Waals surface area contributed by atoms with Gasteiger partial charge in [-0.15, -0.1) is 0 Å². The quantitative estimate of drug-likeness (QED) is 0.248. The Balaban J connectivity index is 1.62.